The predicted octanol–water partition coefficient (Wildman–Crippen LogP) is 6.59. The average Bonchev–Trinajstić information content (AvgIpc) is 3.14. The summed E-state index contributed by atoms with van der Waals surface area (Å²) in [6, 6.07) is 19.9. The third kappa shape index (κ3) is 3.71. The lowest BCUT2D eigenvalue weighted by molar-refractivity contribution is 0.0702. The van der Waals surface area contributed by atoms with Crippen LogP contribution in [0.15, 0.2) is 81.0 Å². The number of allylic oxidation sites excluding steroid dienone is 1. The molecule has 0 saturated heterocycles. The van der Waals surface area contributed by atoms with Gasteiger partial charge in [-0.1, -0.05) is 51.8 Å². The van der Waals surface area contributed by atoms with Gasteiger partial charge in [-0.3, -0.25) is 0 Å². The number of rotatable bonds is 3. The van der Waals surface area contributed by atoms with Crippen LogP contribution in [0, 0.1) is 18.3 Å². The van der Waals surface area contributed by atoms with Gasteiger partial charge in [-0.2, -0.15) is 5.26 Å². The van der Waals surface area contributed by atoms with Gasteiger partial charge in [0.15, 0.2) is 0 Å². The van der Waals surface area contributed by atoms with E-state index in [0.717, 1.165) is 21.0 Å². The Balaban J connectivity index is 1.50. The summed E-state index contributed by atoms with van der Waals surface area (Å²) in [5.41, 5.74) is 9.17. The topological polar surface area (TPSA) is 98.5 Å². The Labute approximate surface area is 208 Å². The molecular weight excluding hydrogens is 520 g/mol. The largest absolute Gasteiger partial charge is 0.449 e. The number of nitriles is 1. The Hall–Kier alpha value is -3.73. The minimum absolute atomic E-state index is 0.00392. The molecule has 3 aromatic carbocycles. The molecule has 1 aromatic heterocycles. The van der Waals surface area contributed by atoms with Crippen LogP contribution in [0.1, 0.15) is 33.2 Å². The standard InChI is InChI=1S/C26H16BrClN2O4/c1-13-18-10-14(28)6-9-21(18)33-24(13)26(31)32-15-7-8-17-22(11-15)34-25(30)19(12-29)23(17)16-4-2-3-5-20(16)27/h2-11,23H,30H2,1H3. The van der Waals surface area contributed by atoms with Crippen molar-refractivity contribution in [3.05, 3.63) is 104 Å². The second-order valence-electron chi connectivity index (χ2n) is 7.73. The molecule has 34 heavy (non-hydrogen) atoms. The van der Waals surface area contributed by atoms with Gasteiger partial charge < -0.3 is 19.6 Å². The first-order chi connectivity index (χ1) is 16.4. The monoisotopic (exact) mass is 534 g/mol. The van der Waals surface area contributed by atoms with Crippen molar-refractivity contribution in [1.82, 2.24) is 0 Å². The zero-order valence-corrected chi connectivity index (χ0v) is 20.1. The van der Waals surface area contributed by atoms with E-state index in [1.165, 1.54) is 0 Å². The number of carbonyl (C=O) groups is 1. The highest BCUT2D eigenvalue weighted by molar-refractivity contribution is 9.10. The van der Waals surface area contributed by atoms with Crippen LogP contribution in [0.3, 0.4) is 0 Å². The average molecular weight is 536 g/mol. The van der Waals surface area contributed by atoms with E-state index in [1.54, 1.807) is 43.3 Å². The second kappa shape index (κ2) is 8.56. The summed E-state index contributed by atoms with van der Waals surface area (Å²) in [6.45, 7) is 1.77. The van der Waals surface area contributed by atoms with Crippen LogP contribution in [0.5, 0.6) is 11.5 Å². The fourth-order valence-electron chi connectivity index (χ4n) is 4.07. The molecule has 1 aliphatic rings. The summed E-state index contributed by atoms with van der Waals surface area (Å²) in [5.74, 6) is -0.339. The molecule has 0 aliphatic carbocycles. The second-order valence-corrected chi connectivity index (χ2v) is 9.02. The molecule has 6 nitrogen and oxygen atoms in total. The van der Waals surface area contributed by atoms with Gasteiger partial charge in [0, 0.05) is 32.1 Å². The van der Waals surface area contributed by atoms with Gasteiger partial charge in [-0.25, -0.2) is 4.79 Å². The van der Waals surface area contributed by atoms with Crippen LogP contribution in [0.2, 0.25) is 5.02 Å². The van der Waals surface area contributed by atoms with E-state index in [2.05, 4.69) is 22.0 Å². The van der Waals surface area contributed by atoms with E-state index in [9.17, 15) is 10.1 Å². The van der Waals surface area contributed by atoms with Crippen molar-refractivity contribution in [2.45, 2.75) is 12.8 Å². The maximum atomic E-state index is 12.9. The summed E-state index contributed by atoms with van der Waals surface area (Å²) in [5, 5.41) is 11.0. The Kier molecular flexibility index (Phi) is 5.56. The van der Waals surface area contributed by atoms with Gasteiger partial charge in [0.25, 0.3) is 0 Å². The van der Waals surface area contributed by atoms with Crippen LogP contribution in [-0.4, -0.2) is 5.97 Å². The minimum atomic E-state index is -0.649. The highest BCUT2D eigenvalue weighted by Crippen LogP contribution is 2.45. The number of carbonyl (C=O) groups excluding carboxylic acids is 1. The number of furan rings is 1. The van der Waals surface area contributed by atoms with Crippen LogP contribution in [0.25, 0.3) is 11.0 Å². The summed E-state index contributed by atoms with van der Waals surface area (Å²) < 4.78 is 17.9. The van der Waals surface area contributed by atoms with Crippen molar-refractivity contribution in [3.63, 3.8) is 0 Å². The van der Waals surface area contributed by atoms with E-state index >= 15 is 0 Å². The maximum Gasteiger partial charge on any atom is 0.379 e. The zero-order valence-electron chi connectivity index (χ0n) is 17.8. The van der Waals surface area contributed by atoms with Crippen molar-refractivity contribution < 1.29 is 18.7 Å². The number of nitrogens with zero attached hydrogens (tertiary/aromatic N) is 1. The predicted molar refractivity (Wildman–Crippen MR) is 131 cm³/mol. The normalized spacial score (nSPS) is 14.9. The molecule has 2 N–H and O–H groups in total. The summed E-state index contributed by atoms with van der Waals surface area (Å²) in [6.07, 6.45) is 0. The zero-order chi connectivity index (χ0) is 24.0. The Morgan fingerprint density at radius 3 is 2.71 bits per heavy atom. The van der Waals surface area contributed by atoms with Crippen molar-refractivity contribution >= 4 is 44.5 Å². The molecule has 1 atom stereocenters. The minimum Gasteiger partial charge on any atom is -0.449 e. The summed E-state index contributed by atoms with van der Waals surface area (Å²) in [7, 11) is 0. The molecule has 0 fully saturated rings. The molecule has 0 saturated carbocycles. The first-order valence-electron chi connectivity index (χ1n) is 10.2. The van der Waals surface area contributed by atoms with E-state index in [1.807, 2.05) is 24.3 Å². The quantitative estimate of drug-likeness (QED) is 0.235. The number of fused-ring (bicyclic) bond motifs is 2. The molecule has 2 heterocycles. The Morgan fingerprint density at radius 2 is 1.94 bits per heavy atom. The number of esters is 1. The molecule has 0 amide bonds. The number of aryl methyl sites for hydroxylation is 1. The molecule has 0 bridgehead atoms. The van der Waals surface area contributed by atoms with Crippen molar-refractivity contribution in [2.24, 2.45) is 5.73 Å². The van der Waals surface area contributed by atoms with Crippen molar-refractivity contribution in [1.29, 1.82) is 5.26 Å². The smallest absolute Gasteiger partial charge is 0.379 e. The molecule has 0 radical (unpaired) electrons. The van der Waals surface area contributed by atoms with Crippen LogP contribution >= 0.6 is 27.5 Å². The van der Waals surface area contributed by atoms with Gasteiger partial charge in [0.05, 0.1) is 5.92 Å². The lowest BCUT2D eigenvalue weighted by Crippen LogP contribution is -2.21. The number of hydrogen-bond donors (Lipinski definition) is 1. The number of benzene rings is 3. The third-order valence-corrected chi connectivity index (χ3v) is 6.66. The Morgan fingerprint density at radius 1 is 1.15 bits per heavy atom. The van der Waals surface area contributed by atoms with Crippen molar-refractivity contribution in [2.75, 3.05) is 0 Å². The molecule has 8 heteroatoms. The van der Waals surface area contributed by atoms with Gasteiger partial charge in [-0.15, -0.1) is 0 Å². The van der Waals surface area contributed by atoms with E-state index in [0.29, 0.717) is 27.5 Å². The van der Waals surface area contributed by atoms with Gasteiger partial charge in [-0.05, 0) is 42.8 Å². The molecule has 4 aromatic rings. The molecular formula is C26H16BrClN2O4. The SMILES string of the molecule is Cc1c(C(=O)Oc2ccc3c(c2)OC(N)=C(C#N)C3c2ccccc2Br)oc2ccc(Cl)cc12. The van der Waals surface area contributed by atoms with E-state index < -0.39 is 11.9 Å². The third-order valence-electron chi connectivity index (χ3n) is 5.70. The molecule has 0 spiro atoms. The van der Waals surface area contributed by atoms with E-state index in [-0.39, 0.29) is 17.4 Å². The number of nitrogens with two attached hydrogens (primary N) is 1. The molecule has 1 unspecified atom stereocenters. The van der Waals surface area contributed by atoms with Gasteiger partial charge in [0.1, 0.15) is 28.7 Å². The Bertz CT molecular complexity index is 1550. The van der Waals surface area contributed by atoms with Crippen LogP contribution in [0.4, 0.5) is 0 Å². The number of hydrogen-bond acceptors (Lipinski definition) is 6. The van der Waals surface area contributed by atoms with Crippen LogP contribution in [-0.2, 0) is 0 Å². The van der Waals surface area contributed by atoms with Crippen molar-refractivity contribution in [3.8, 4) is 17.6 Å². The lowest BCUT2D eigenvalue weighted by atomic mass is 9.83. The first kappa shape index (κ1) is 22.1. The fourth-order valence-corrected chi connectivity index (χ4v) is 4.76. The highest BCUT2D eigenvalue weighted by Gasteiger charge is 2.32. The number of halogens is 2. The van der Waals surface area contributed by atoms with Gasteiger partial charge in [0.2, 0.25) is 11.6 Å². The number of ether oxygens (including phenoxy) is 2. The van der Waals surface area contributed by atoms with E-state index in [4.69, 9.17) is 31.2 Å². The molecule has 5 rings (SSSR count). The van der Waals surface area contributed by atoms with Crippen LogP contribution < -0.4 is 15.2 Å². The summed E-state index contributed by atoms with van der Waals surface area (Å²) >= 11 is 9.62. The highest BCUT2D eigenvalue weighted by atomic mass is 79.9. The first-order valence-corrected chi connectivity index (χ1v) is 11.4. The van der Waals surface area contributed by atoms with Gasteiger partial charge >= 0.3 is 5.97 Å². The summed E-state index contributed by atoms with van der Waals surface area (Å²) in [4.78, 5) is 12.9. The lowest BCUT2D eigenvalue weighted by Gasteiger charge is -2.27. The maximum absolute atomic E-state index is 12.9. The molecule has 168 valence electrons. The fraction of sp³-hybridized carbons (Fsp3) is 0.0769. The molecule has 1 aliphatic heterocycles.